The molecule has 7 heteroatoms. The quantitative estimate of drug-likeness (QED) is 0.521. The lowest BCUT2D eigenvalue weighted by molar-refractivity contribution is -0.141. The van der Waals surface area contributed by atoms with Crippen LogP contribution in [0.5, 0.6) is 0 Å². The van der Waals surface area contributed by atoms with E-state index in [4.69, 9.17) is 0 Å². The van der Waals surface area contributed by atoms with Gasteiger partial charge in [-0.15, -0.1) is 11.3 Å². The van der Waals surface area contributed by atoms with Gasteiger partial charge in [0.1, 0.15) is 5.82 Å². The smallest absolute Gasteiger partial charge is 0.236 e. The topological polar surface area (TPSA) is 43.9 Å². The van der Waals surface area contributed by atoms with Gasteiger partial charge >= 0.3 is 0 Å². The van der Waals surface area contributed by atoms with Crippen LogP contribution in [0.15, 0.2) is 66.0 Å². The summed E-state index contributed by atoms with van der Waals surface area (Å²) in [6.07, 6.45) is 1.82. The van der Waals surface area contributed by atoms with Crippen molar-refractivity contribution >= 4 is 23.2 Å². The van der Waals surface area contributed by atoms with E-state index in [1.165, 1.54) is 22.1 Å². The van der Waals surface area contributed by atoms with E-state index < -0.39 is 0 Å². The van der Waals surface area contributed by atoms with E-state index in [9.17, 15) is 14.0 Å². The average Bonchev–Trinajstić information content (AvgIpc) is 3.57. The lowest BCUT2D eigenvalue weighted by atomic mass is 9.93. The molecule has 36 heavy (non-hydrogen) atoms. The number of rotatable bonds is 5. The summed E-state index contributed by atoms with van der Waals surface area (Å²) in [7, 11) is 0. The molecule has 2 fully saturated rings. The fraction of sp³-hybridized carbons (Fsp3) is 0.379. The van der Waals surface area contributed by atoms with Gasteiger partial charge in [0.05, 0.1) is 12.6 Å². The average molecular weight is 504 g/mol. The highest BCUT2D eigenvalue weighted by molar-refractivity contribution is 7.10. The highest BCUT2D eigenvalue weighted by Gasteiger charge is 2.46. The molecule has 0 bridgehead atoms. The summed E-state index contributed by atoms with van der Waals surface area (Å²) in [6, 6.07) is 19.0. The van der Waals surface area contributed by atoms with Crippen LogP contribution in [0.25, 0.3) is 0 Å². The normalized spacial score (nSPS) is 23.9. The lowest BCUT2D eigenvalue weighted by Gasteiger charge is -2.39. The van der Waals surface area contributed by atoms with E-state index in [-0.39, 0.29) is 29.6 Å². The van der Waals surface area contributed by atoms with Crippen LogP contribution < -0.4 is 0 Å². The van der Waals surface area contributed by atoms with Crippen molar-refractivity contribution in [3.8, 4) is 0 Å². The minimum atomic E-state index is -0.257. The molecule has 1 saturated carbocycles. The van der Waals surface area contributed by atoms with Crippen LogP contribution in [-0.2, 0) is 16.0 Å². The third kappa shape index (κ3) is 4.58. The zero-order valence-corrected chi connectivity index (χ0v) is 21.0. The number of hydrogen-bond donors (Lipinski definition) is 0. The van der Waals surface area contributed by atoms with Gasteiger partial charge in [0.15, 0.2) is 0 Å². The summed E-state index contributed by atoms with van der Waals surface area (Å²) in [6.45, 7) is 3.37. The Morgan fingerprint density at radius 2 is 1.64 bits per heavy atom. The number of amides is 2. The number of fused-ring (bicyclic) bond motifs is 1. The number of carbonyl (C=O) groups is 2. The third-order valence-electron chi connectivity index (χ3n) is 7.85. The summed E-state index contributed by atoms with van der Waals surface area (Å²) in [5.74, 6) is 0.458. The predicted molar refractivity (Wildman–Crippen MR) is 138 cm³/mol. The van der Waals surface area contributed by atoms with Crippen molar-refractivity contribution < 1.29 is 14.0 Å². The molecule has 2 aromatic carbocycles. The van der Waals surface area contributed by atoms with Crippen molar-refractivity contribution in [2.24, 2.45) is 5.92 Å². The fourth-order valence-corrected chi connectivity index (χ4v) is 6.73. The SMILES string of the molecule is O=C(CN1CCc2sccc2[C@H]1c1cccc(F)c1)N1CCN(C(=O)[C@@H]2C[C@H]2c2ccccc2)CC1. The number of piperazine rings is 1. The fourth-order valence-electron chi connectivity index (χ4n) is 5.83. The molecule has 2 aliphatic heterocycles. The molecule has 0 unspecified atom stereocenters. The number of halogens is 1. The highest BCUT2D eigenvalue weighted by atomic mass is 32.1. The van der Waals surface area contributed by atoms with Crippen LogP contribution in [0.3, 0.4) is 0 Å². The van der Waals surface area contributed by atoms with Gasteiger partial charge in [-0.05, 0) is 59.0 Å². The minimum Gasteiger partial charge on any atom is -0.339 e. The second-order valence-corrected chi connectivity index (χ2v) is 11.0. The van der Waals surface area contributed by atoms with E-state index >= 15 is 0 Å². The van der Waals surface area contributed by atoms with Crippen LogP contribution in [0.1, 0.15) is 39.9 Å². The molecule has 0 radical (unpaired) electrons. The first-order chi connectivity index (χ1) is 17.6. The first kappa shape index (κ1) is 23.4. The highest BCUT2D eigenvalue weighted by Crippen LogP contribution is 2.48. The molecule has 1 aromatic heterocycles. The number of hydrogen-bond acceptors (Lipinski definition) is 4. The molecule has 3 heterocycles. The first-order valence-electron chi connectivity index (χ1n) is 12.8. The largest absolute Gasteiger partial charge is 0.339 e. The van der Waals surface area contributed by atoms with Crippen molar-refractivity contribution in [2.75, 3.05) is 39.3 Å². The maximum absolute atomic E-state index is 14.1. The summed E-state index contributed by atoms with van der Waals surface area (Å²) >= 11 is 1.73. The molecule has 1 saturated heterocycles. The standard InChI is InChI=1S/C29H30FN3O2S/c30-22-8-4-7-21(17-22)28-23-10-16-36-26(23)9-11-33(28)19-27(34)31-12-14-32(15-13-31)29(35)25-18-24(25)20-5-2-1-3-6-20/h1-8,10,16-17,24-25,28H,9,11-15,18-19H2/t24-,25+,28+/m0/s1. The minimum absolute atomic E-state index is 0.0786. The van der Waals surface area contributed by atoms with Crippen LogP contribution >= 0.6 is 11.3 Å². The van der Waals surface area contributed by atoms with E-state index in [2.05, 4.69) is 28.5 Å². The number of carbonyl (C=O) groups excluding carboxylic acids is 2. The van der Waals surface area contributed by atoms with Gasteiger partial charge in [0.25, 0.3) is 0 Å². The zero-order valence-electron chi connectivity index (χ0n) is 20.2. The van der Waals surface area contributed by atoms with Crippen LogP contribution in [0.2, 0.25) is 0 Å². The second-order valence-electron chi connectivity index (χ2n) is 10.0. The molecule has 186 valence electrons. The molecule has 6 rings (SSSR count). The van der Waals surface area contributed by atoms with Crippen molar-refractivity contribution in [3.05, 3.63) is 93.4 Å². The van der Waals surface area contributed by atoms with E-state index in [0.29, 0.717) is 38.6 Å². The van der Waals surface area contributed by atoms with Crippen LogP contribution in [0.4, 0.5) is 4.39 Å². The molecule has 0 N–H and O–H groups in total. The third-order valence-corrected chi connectivity index (χ3v) is 8.84. The summed E-state index contributed by atoms with van der Waals surface area (Å²) in [5.41, 5.74) is 3.31. The van der Waals surface area contributed by atoms with Gasteiger partial charge in [-0.25, -0.2) is 4.39 Å². The van der Waals surface area contributed by atoms with Crippen LogP contribution in [0, 0.1) is 11.7 Å². The number of thiophene rings is 1. The molecule has 0 spiro atoms. The van der Waals surface area contributed by atoms with E-state index in [1.807, 2.05) is 34.1 Å². The van der Waals surface area contributed by atoms with Gasteiger partial charge in [0, 0.05) is 43.5 Å². The van der Waals surface area contributed by atoms with Crippen molar-refractivity contribution in [1.29, 1.82) is 0 Å². The van der Waals surface area contributed by atoms with Gasteiger partial charge < -0.3 is 9.80 Å². The Hall–Kier alpha value is -3.03. The Bertz CT molecular complexity index is 1250. The summed E-state index contributed by atoms with van der Waals surface area (Å²) < 4.78 is 14.1. The molecule has 5 nitrogen and oxygen atoms in total. The van der Waals surface area contributed by atoms with Gasteiger partial charge in [0.2, 0.25) is 11.8 Å². The van der Waals surface area contributed by atoms with Crippen molar-refractivity contribution in [3.63, 3.8) is 0 Å². The second kappa shape index (κ2) is 9.79. The van der Waals surface area contributed by atoms with E-state index in [0.717, 1.165) is 24.9 Å². The maximum Gasteiger partial charge on any atom is 0.236 e. The lowest BCUT2D eigenvalue weighted by Crippen LogP contribution is -2.53. The molecule has 3 aliphatic rings. The van der Waals surface area contributed by atoms with Gasteiger partial charge in [-0.1, -0.05) is 42.5 Å². The number of benzene rings is 2. The monoisotopic (exact) mass is 503 g/mol. The molecule has 3 atom stereocenters. The summed E-state index contributed by atoms with van der Waals surface area (Å²) in [5, 5.41) is 2.08. The summed E-state index contributed by atoms with van der Waals surface area (Å²) in [4.78, 5) is 33.7. The predicted octanol–water partition coefficient (Wildman–Crippen LogP) is 4.31. The number of nitrogens with zero attached hydrogens (tertiary/aromatic N) is 3. The van der Waals surface area contributed by atoms with Crippen LogP contribution in [-0.4, -0.2) is 65.8 Å². The van der Waals surface area contributed by atoms with Crippen molar-refractivity contribution in [2.45, 2.75) is 24.8 Å². The zero-order chi connectivity index (χ0) is 24.6. The van der Waals surface area contributed by atoms with Crippen molar-refractivity contribution in [1.82, 2.24) is 14.7 Å². The maximum atomic E-state index is 14.1. The molecule has 3 aromatic rings. The Kier molecular flexibility index (Phi) is 6.36. The Morgan fingerprint density at radius 1 is 0.889 bits per heavy atom. The van der Waals surface area contributed by atoms with Gasteiger partial charge in [-0.2, -0.15) is 0 Å². The van der Waals surface area contributed by atoms with E-state index in [1.54, 1.807) is 23.5 Å². The molecular formula is C29H30FN3O2S. The molecule has 2 amide bonds. The molecular weight excluding hydrogens is 473 g/mol. The Morgan fingerprint density at radius 3 is 2.42 bits per heavy atom. The Balaban J connectivity index is 1.08. The van der Waals surface area contributed by atoms with Gasteiger partial charge in [-0.3, -0.25) is 14.5 Å². The Labute approximate surface area is 215 Å². The first-order valence-corrected chi connectivity index (χ1v) is 13.6. The molecule has 1 aliphatic carbocycles.